The molecule has 2 atom stereocenters. The molecule has 4 heteroatoms. The van der Waals surface area contributed by atoms with E-state index in [-0.39, 0.29) is 0 Å². The Morgan fingerprint density at radius 1 is 1.05 bits per heavy atom. The molecule has 0 aliphatic carbocycles. The lowest BCUT2D eigenvalue weighted by Gasteiger charge is -2.35. The summed E-state index contributed by atoms with van der Waals surface area (Å²) in [5.74, 6) is 0. The second-order valence-corrected chi connectivity index (χ2v) is 6.19. The third-order valence-corrected chi connectivity index (χ3v) is 4.31. The van der Waals surface area contributed by atoms with Crippen molar-refractivity contribution >= 4 is 11.4 Å². The maximum Gasteiger partial charge on any atom is 0.0642 e. The highest BCUT2D eigenvalue weighted by molar-refractivity contribution is 5.70. The first-order chi connectivity index (χ1) is 10.2. The summed E-state index contributed by atoms with van der Waals surface area (Å²) in [6.07, 6.45) is 2.81. The van der Waals surface area contributed by atoms with Gasteiger partial charge in [-0.2, -0.15) is 0 Å². The van der Waals surface area contributed by atoms with Crippen LogP contribution < -0.4 is 10.2 Å². The van der Waals surface area contributed by atoms with Crippen LogP contribution in [0.4, 0.5) is 11.4 Å². The fourth-order valence-corrected chi connectivity index (χ4v) is 3.42. The van der Waals surface area contributed by atoms with Gasteiger partial charge in [0, 0.05) is 19.1 Å². The Bertz CT molecular complexity index is 450. The molecule has 0 radical (unpaired) electrons. The molecule has 1 aromatic rings. The summed E-state index contributed by atoms with van der Waals surface area (Å²) >= 11 is 0. The molecule has 3 rings (SSSR count). The molecule has 0 spiro atoms. The third kappa shape index (κ3) is 3.69. The molecule has 1 aromatic carbocycles. The van der Waals surface area contributed by atoms with E-state index in [1.54, 1.807) is 0 Å². The Hall–Kier alpha value is -1.26. The highest BCUT2D eigenvalue weighted by atomic mass is 16.5. The smallest absolute Gasteiger partial charge is 0.0642 e. The number of morpholine rings is 1. The predicted octanol–water partition coefficient (Wildman–Crippen LogP) is 2.89. The van der Waals surface area contributed by atoms with Crippen LogP contribution in [0.15, 0.2) is 24.3 Å². The molecule has 2 fully saturated rings. The molecule has 2 heterocycles. The lowest BCUT2D eigenvalue weighted by Crippen LogP contribution is -2.39. The maximum atomic E-state index is 5.83. The minimum atomic E-state index is 0.335. The number of benzene rings is 1. The molecule has 2 unspecified atom stereocenters. The first-order valence-electron chi connectivity index (χ1n) is 8.06. The van der Waals surface area contributed by atoms with Crippen LogP contribution in [-0.2, 0) is 9.47 Å². The Balaban J connectivity index is 1.72. The summed E-state index contributed by atoms with van der Waals surface area (Å²) in [6.45, 7) is 7.91. The normalized spacial score (nSPS) is 30.2. The van der Waals surface area contributed by atoms with Gasteiger partial charge in [-0.1, -0.05) is 12.1 Å². The average Bonchev–Trinajstić information content (AvgIpc) is 2.48. The zero-order valence-electron chi connectivity index (χ0n) is 13.0. The molecular formula is C17H26N2O2. The van der Waals surface area contributed by atoms with Crippen molar-refractivity contribution in [3.05, 3.63) is 24.3 Å². The summed E-state index contributed by atoms with van der Waals surface area (Å²) in [5, 5.41) is 3.75. The van der Waals surface area contributed by atoms with E-state index >= 15 is 0 Å². The standard InChI is InChI=1S/C17H26N2O2/c1-13-11-15(12-14(2)21-13)18-16-5-3-4-6-17(16)19-7-9-20-10-8-19/h3-6,13-15,18H,7-12H2,1-2H3. The van der Waals surface area contributed by atoms with Gasteiger partial charge in [-0.05, 0) is 38.8 Å². The Morgan fingerprint density at radius 2 is 1.71 bits per heavy atom. The molecular weight excluding hydrogens is 264 g/mol. The third-order valence-electron chi connectivity index (χ3n) is 4.31. The number of hydrogen-bond donors (Lipinski definition) is 1. The van der Waals surface area contributed by atoms with Crippen molar-refractivity contribution in [2.45, 2.75) is 44.9 Å². The van der Waals surface area contributed by atoms with Crippen molar-refractivity contribution in [3.63, 3.8) is 0 Å². The molecule has 116 valence electrons. The Labute approximate surface area is 127 Å². The number of ether oxygens (including phenoxy) is 2. The average molecular weight is 290 g/mol. The molecule has 0 saturated carbocycles. The number of nitrogens with one attached hydrogen (secondary N) is 1. The zero-order valence-corrected chi connectivity index (χ0v) is 13.0. The van der Waals surface area contributed by atoms with Crippen LogP contribution >= 0.6 is 0 Å². The van der Waals surface area contributed by atoms with Crippen molar-refractivity contribution in [1.29, 1.82) is 0 Å². The van der Waals surface area contributed by atoms with E-state index in [1.807, 2.05) is 0 Å². The SMILES string of the molecule is CC1CC(Nc2ccccc2N2CCOCC2)CC(C)O1. The largest absolute Gasteiger partial charge is 0.380 e. The Morgan fingerprint density at radius 3 is 2.43 bits per heavy atom. The van der Waals surface area contributed by atoms with E-state index in [2.05, 4.69) is 48.3 Å². The zero-order chi connectivity index (χ0) is 14.7. The summed E-state index contributed by atoms with van der Waals surface area (Å²) in [7, 11) is 0. The van der Waals surface area contributed by atoms with Gasteiger partial charge in [-0.15, -0.1) is 0 Å². The van der Waals surface area contributed by atoms with Crippen LogP contribution in [0.2, 0.25) is 0 Å². The quantitative estimate of drug-likeness (QED) is 0.928. The van der Waals surface area contributed by atoms with E-state index < -0.39 is 0 Å². The monoisotopic (exact) mass is 290 g/mol. The molecule has 21 heavy (non-hydrogen) atoms. The first-order valence-corrected chi connectivity index (χ1v) is 8.06. The molecule has 0 amide bonds. The number of para-hydroxylation sites is 2. The van der Waals surface area contributed by atoms with Crippen molar-refractivity contribution in [1.82, 2.24) is 0 Å². The molecule has 1 N–H and O–H groups in total. The van der Waals surface area contributed by atoms with Gasteiger partial charge in [0.05, 0.1) is 36.8 Å². The predicted molar refractivity (Wildman–Crippen MR) is 86.1 cm³/mol. The second-order valence-electron chi connectivity index (χ2n) is 6.19. The topological polar surface area (TPSA) is 33.7 Å². The lowest BCUT2D eigenvalue weighted by atomic mass is 9.99. The number of anilines is 2. The highest BCUT2D eigenvalue weighted by Gasteiger charge is 2.25. The van der Waals surface area contributed by atoms with Crippen molar-refractivity contribution in [3.8, 4) is 0 Å². The van der Waals surface area contributed by atoms with Gasteiger partial charge in [0.25, 0.3) is 0 Å². The molecule has 0 bridgehead atoms. The maximum absolute atomic E-state index is 5.83. The van der Waals surface area contributed by atoms with Crippen molar-refractivity contribution in [2.75, 3.05) is 36.5 Å². The lowest BCUT2D eigenvalue weighted by molar-refractivity contribution is -0.0337. The van der Waals surface area contributed by atoms with Gasteiger partial charge < -0.3 is 19.7 Å². The summed E-state index contributed by atoms with van der Waals surface area (Å²) in [4.78, 5) is 2.41. The van der Waals surface area contributed by atoms with E-state index in [9.17, 15) is 0 Å². The van der Waals surface area contributed by atoms with Crippen molar-refractivity contribution < 1.29 is 9.47 Å². The minimum absolute atomic E-state index is 0.335. The van der Waals surface area contributed by atoms with Gasteiger partial charge in [-0.25, -0.2) is 0 Å². The minimum Gasteiger partial charge on any atom is -0.380 e. The van der Waals surface area contributed by atoms with Crippen LogP contribution in [-0.4, -0.2) is 44.6 Å². The summed E-state index contributed by atoms with van der Waals surface area (Å²) in [6, 6.07) is 9.12. The second kappa shape index (κ2) is 6.67. The van der Waals surface area contributed by atoms with E-state index in [4.69, 9.17) is 9.47 Å². The van der Waals surface area contributed by atoms with Crippen molar-refractivity contribution in [2.24, 2.45) is 0 Å². The van der Waals surface area contributed by atoms with Crippen LogP contribution in [0.25, 0.3) is 0 Å². The highest BCUT2D eigenvalue weighted by Crippen LogP contribution is 2.30. The van der Waals surface area contributed by atoms with Crippen LogP contribution in [0.1, 0.15) is 26.7 Å². The molecule has 2 aliphatic rings. The van der Waals surface area contributed by atoms with Crippen LogP contribution in [0, 0.1) is 0 Å². The van der Waals surface area contributed by atoms with E-state index in [0.29, 0.717) is 18.2 Å². The Kier molecular flexibility index (Phi) is 4.66. The number of rotatable bonds is 3. The fraction of sp³-hybridized carbons (Fsp3) is 0.647. The molecule has 2 aliphatic heterocycles. The number of hydrogen-bond acceptors (Lipinski definition) is 4. The van der Waals surface area contributed by atoms with Crippen LogP contribution in [0.5, 0.6) is 0 Å². The van der Waals surface area contributed by atoms with Gasteiger partial charge in [0.1, 0.15) is 0 Å². The molecule has 2 saturated heterocycles. The summed E-state index contributed by atoms with van der Waals surface area (Å²) < 4.78 is 11.3. The van der Waals surface area contributed by atoms with Gasteiger partial charge in [-0.3, -0.25) is 0 Å². The van der Waals surface area contributed by atoms with Crippen LogP contribution in [0.3, 0.4) is 0 Å². The van der Waals surface area contributed by atoms with E-state index in [1.165, 1.54) is 11.4 Å². The first kappa shape index (κ1) is 14.7. The fourth-order valence-electron chi connectivity index (χ4n) is 3.42. The summed E-state index contributed by atoms with van der Waals surface area (Å²) in [5.41, 5.74) is 2.54. The molecule has 4 nitrogen and oxygen atoms in total. The van der Waals surface area contributed by atoms with E-state index in [0.717, 1.165) is 39.1 Å². The number of nitrogens with zero attached hydrogens (tertiary/aromatic N) is 1. The van der Waals surface area contributed by atoms with Gasteiger partial charge in [0.15, 0.2) is 0 Å². The van der Waals surface area contributed by atoms with Gasteiger partial charge in [0.2, 0.25) is 0 Å². The van der Waals surface area contributed by atoms with Gasteiger partial charge >= 0.3 is 0 Å². The molecule has 0 aromatic heterocycles.